The molecule has 4 heterocycles. The first-order valence-corrected chi connectivity index (χ1v) is 10.4. The van der Waals surface area contributed by atoms with Crippen LogP contribution in [0.15, 0.2) is 42.6 Å². The predicted molar refractivity (Wildman–Crippen MR) is 109 cm³/mol. The van der Waals surface area contributed by atoms with Gasteiger partial charge in [-0.3, -0.25) is 4.90 Å². The summed E-state index contributed by atoms with van der Waals surface area (Å²) in [6.07, 6.45) is 2.73. The molecule has 8 nitrogen and oxygen atoms in total. The van der Waals surface area contributed by atoms with E-state index in [0.717, 1.165) is 36.5 Å². The lowest BCUT2D eigenvalue weighted by Crippen LogP contribution is -2.51. The number of pyridine rings is 1. The fraction of sp³-hybridized carbons (Fsp3) is 0.350. The van der Waals surface area contributed by atoms with Crippen LogP contribution in [-0.4, -0.2) is 64.1 Å². The van der Waals surface area contributed by atoms with Crippen molar-refractivity contribution in [3.63, 3.8) is 0 Å². The third kappa shape index (κ3) is 3.70. The lowest BCUT2D eigenvalue weighted by Gasteiger charge is -2.33. The number of carbonyl (C=O) groups excluding carboxylic acids is 1. The van der Waals surface area contributed by atoms with E-state index in [1.54, 1.807) is 11.1 Å². The van der Waals surface area contributed by atoms with Crippen LogP contribution in [0.25, 0.3) is 10.3 Å². The molecular formula is C20H21N5O3S. The molecule has 0 unspecified atom stereocenters. The van der Waals surface area contributed by atoms with Crippen LogP contribution in [0.2, 0.25) is 0 Å². The molecule has 0 radical (unpaired) electrons. The Kier molecular flexibility index (Phi) is 4.69. The second-order valence-electron chi connectivity index (χ2n) is 7.26. The molecule has 0 spiro atoms. The number of carbonyl (C=O) groups is 1. The van der Waals surface area contributed by atoms with E-state index in [4.69, 9.17) is 15.2 Å². The number of aromatic nitrogens is 2. The third-order valence-corrected chi connectivity index (χ3v) is 6.35. The van der Waals surface area contributed by atoms with Crippen molar-refractivity contribution >= 4 is 27.7 Å². The molecule has 0 aliphatic carbocycles. The molecule has 3 aromatic rings. The fourth-order valence-electron chi connectivity index (χ4n) is 4.07. The lowest BCUT2D eigenvalue weighted by atomic mass is 10.2. The predicted octanol–water partition coefficient (Wildman–Crippen LogP) is 2.70. The average Bonchev–Trinajstić information content (AvgIpc) is 3.42. The first-order valence-electron chi connectivity index (χ1n) is 9.58. The molecule has 2 N–H and O–H groups in total. The topological polar surface area (TPSA) is 93.8 Å². The number of likely N-dealkylation sites (tertiary alicyclic amines) is 2. The highest BCUT2D eigenvalue weighted by Crippen LogP contribution is 2.31. The Morgan fingerprint density at radius 2 is 2.00 bits per heavy atom. The number of amides is 2. The largest absolute Gasteiger partial charge is 0.492 e. The van der Waals surface area contributed by atoms with Gasteiger partial charge in [0.05, 0.1) is 4.70 Å². The summed E-state index contributed by atoms with van der Waals surface area (Å²) in [6.45, 7) is 3.04. The van der Waals surface area contributed by atoms with Gasteiger partial charge in [0.25, 0.3) is 5.19 Å². The van der Waals surface area contributed by atoms with Crippen LogP contribution < -0.4 is 15.2 Å². The first kappa shape index (κ1) is 18.1. The van der Waals surface area contributed by atoms with Crippen molar-refractivity contribution in [2.24, 2.45) is 5.73 Å². The summed E-state index contributed by atoms with van der Waals surface area (Å²) in [5.41, 5.74) is 6.11. The van der Waals surface area contributed by atoms with Crippen LogP contribution in [0.3, 0.4) is 0 Å². The molecule has 2 atom stereocenters. The van der Waals surface area contributed by atoms with Crippen LogP contribution in [0, 0.1) is 0 Å². The van der Waals surface area contributed by atoms with Gasteiger partial charge >= 0.3 is 6.03 Å². The number of hydrogen-bond donors (Lipinski definition) is 1. The number of primary amides is 1. The van der Waals surface area contributed by atoms with Gasteiger partial charge in [-0.1, -0.05) is 11.3 Å². The van der Waals surface area contributed by atoms with Crippen LogP contribution in [0.5, 0.6) is 16.7 Å². The van der Waals surface area contributed by atoms with E-state index in [0.29, 0.717) is 29.2 Å². The second-order valence-corrected chi connectivity index (χ2v) is 8.25. The van der Waals surface area contributed by atoms with Crippen molar-refractivity contribution < 1.29 is 14.3 Å². The number of ether oxygens (including phenoxy) is 2. The van der Waals surface area contributed by atoms with E-state index in [1.165, 1.54) is 11.3 Å². The van der Waals surface area contributed by atoms with Crippen molar-refractivity contribution in [3.05, 3.63) is 42.6 Å². The van der Waals surface area contributed by atoms with E-state index in [-0.39, 0.29) is 12.1 Å². The zero-order valence-corrected chi connectivity index (χ0v) is 16.5. The normalized spacial score (nSPS) is 21.0. The third-order valence-electron chi connectivity index (χ3n) is 5.46. The van der Waals surface area contributed by atoms with Gasteiger partial charge in [0.2, 0.25) is 0 Å². The smallest absolute Gasteiger partial charge is 0.315 e. The van der Waals surface area contributed by atoms with Gasteiger partial charge in [-0.25, -0.2) is 9.78 Å². The van der Waals surface area contributed by atoms with Crippen molar-refractivity contribution in [1.82, 2.24) is 19.8 Å². The number of nitrogens with zero attached hydrogens (tertiary/aromatic N) is 4. The van der Waals surface area contributed by atoms with Gasteiger partial charge in [-0.15, -0.1) is 0 Å². The fourth-order valence-corrected chi connectivity index (χ4v) is 4.87. The van der Waals surface area contributed by atoms with E-state index >= 15 is 0 Å². The zero-order valence-electron chi connectivity index (χ0n) is 15.7. The van der Waals surface area contributed by atoms with Crippen molar-refractivity contribution in [2.45, 2.75) is 18.5 Å². The van der Waals surface area contributed by atoms with E-state index in [1.807, 2.05) is 36.4 Å². The molecule has 1 aromatic carbocycles. The summed E-state index contributed by atoms with van der Waals surface area (Å²) >= 11 is 1.47. The van der Waals surface area contributed by atoms with Gasteiger partial charge in [-0.05, 0) is 42.8 Å². The average molecular weight is 411 g/mol. The SMILES string of the molecule is NC(=O)N1C[C@H]2C[C@@H]1CN2CCOc1ccc(Oc2nc3ncccc3s2)cc1. The Labute approximate surface area is 171 Å². The zero-order chi connectivity index (χ0) is 19.8. The summed E-state index contributed by atoms with van der Waals surface area (Å²) in [6, 6.07) is 11.7. The molecule has 9 heteroatoms. The maximum absolute atomic E-state index is 11.4. The number of fused-ring (bicyclic) bond motifs is 3. The molecule has 5 rings (SSSR count). The van der Waals surface area contributed by atoms with Crippen molar-refractivity contribution in [1.29, 1.82) is 0 Å². The molecule has 2 aromatic heterocycles. The molecule has 0 saturated carbocycles. The molecule has 2 aliphatic rings. The number of hydrogen-bond acceptors (Lipinski definition) is 7. The van der Waals surface area contributed by atoms with E-state index < -0.39 is 0 Å². The highest BCUT2D eigenvalue weighted by molar-refractivity contribution is 7.20. The number of piperazine rings is 1. The molecular weight excluding hydrogens is 390 g/mol. The highest BCUT2D eigenvalue weighted by Gasteiger charge is 2.44. The first-order chi connectivity index (χ1) is 14.2. The van der Waals surface area contributed by atoms with Crippen LogP contribution in [0.1, 0.15) is 6.42 Å². The minimum atomic E-state index is -0.308. The second kappa shape index (κ2) is 7.49. The van der Waals surface area contributed by atoms with Crippen molar-refractivity contribution in [2.75, 3.05) is 26.2 Å². The molecule has 2 amide bonds. The molecule has 2 bridgehead atoms. The summed E-state index contributed by atoms with van der Waals surface area (Å²) in [4.78, 5) is 24.1. The monoisotopic (exact) mass is 411 g/mol. The Balaban J connectivity index is 1.11. The molecule has 2 fully saturated rings. The minimum absolute atomic E-state index is 0.256. The van der Waals surface area contributed by atoms with Gasteiger partial charge < -0.3 is 20.1 Å². The number of benzene rings is 1. The molecule has 150 valence electrons. The minimum Gasteiger partial charge on any atom is -0.492 e. The Morgan fingerprint density at radius 3 is 2.72 bits per heavy atom. The molecule has 2 saturated heterocycles. The Bertz CT molecular complexity index is 991. The maximum atomic E-state index is 11.4. The summed E-state index contributed by atoms with van der Waals surface area (Å²) in [5.74, 6) is 1.51. The summed E-state index contributed by atoms with van der Waals surface area (Å²) < 4.78 is 12.7. The van der Waals surface area contributed by atoms with Crippen LogP contribution in [-0.2, 0) is 0 Å². The lowest BCUT2D eigenvalue weighted by molar-refractivity contribution is 0.127. The van der Waals surface area contributed by atoms with Crippen molar-refractivity contribution in [3.8, 4) is 16.7 Å². The van der Waals surface area contributed by atoms with Gasteiger partial charge in [0, 0.05) is 37.9 Å². The number of nitrogens with two attached hydrogens (primary N) is 1. The molecule has 29 heavy (non-hydrogen) atoms. The van der Waals surface area contributed by atoms with Gasteiger partial charge in [-0.2, -0.15) is 4.98 Å². The van der Waals surface area contributed by atoms with E-state index in [2.05, 4.69) is 14.9 Å². The number of rotatable bonds is 6. The van der Waals surface area contributed by atoms with Gasteiger partial charge in [0.15, 0.2) is 5.65 Å². The van der Waals surface area contributed by atoms with Crippen LogP contribution in [0.4, 0.5) is 4.79 Å². The quantitative estimate of drug-likeness (QED) is 0.670. The Morgan fingerprint density at radius 1 is 1.17 bits per heavy atom. The highest BCUT2D eigenvalue weighted by atomic mass is 32.1. The summed E-state index contributed by atoms with van der Waals surface area (Å²) in [7, 11) is 0. The molecule has 2 aliphatic heterocycles. The standard InChI is InChI=1S/C20H21N5O3S/c21-19(26)25-12-13-10-14(25)11-24(13)8-9-27-15-3-5-16(6-4-15)28-20-23-18-17(29-20)2-1-7-22-18/h1-7,13-14H,8-12H2,(H2,21,26)/t13-,14-/m1/s1. The van der Waals surface area contributed by atoms with Crippen LogP contribution >= 0.6 is 11.3 Å². The number of thiazole rings is 1. The van der Waals surface area contributed by atoms with Gasteiger partial charge in [0.1, 0.15) is 18.1 Å². The Hall–Kier alpha value is -2.91. The summed E-state index contributed by atoms with van der Waals surface area (Å²) in [5, 5.41) is 0.571. The maximum Gasteiger partial charge on any atom is 0.315 e. The number of urea groups is 1. The van der Waals surface area contributed by atoms with E-state index in [9.17, 15) is 4.79 Å².